The van der Waals surface area contributed by atoms with Crippen LogP contribution in [0.4, 0.5) is 5.95 Å². The number of anilines is 1. The Balaban J connectivity index is 1.45. The van der Waals surface area contributed by atoms with Crippen molar-refractivity contribution >= 4 is 22.8 Å². The molecule has 25 heavy (non-hydrogen) atoms. The number of carbonyl (C=O) groups excluding carboxylic acids is 1. The number of aryl methyl sites for hydroxylation is 2. The minimum absolute atomic E-state index is 0.110. The number of benzene rings is 1. The fourth-order valence-corrected chi connectivity index (χ4v) is 3.29. The maximum absolute atomic E-state index is 12.6. The number of nitrogens with zero attached hydrogens (tertiary/aromatic N) is 3. The van der Waals surface area contributed by atoms with Crippen LogP contribution in [0.25, 0.3) is 11.0 Å². The smallest absolute Gasteiger partial charge is 0.227 e. The van der Waals surface area contributed by atoms with Crippen molar-refractivity contribution < 1.29 is 9.21 Å². The van der Waals surface area contributed by atoms with E-state index in [1.807, 2.05) is 24.0 Å². The van der Waals surface area contributed by atoms with Gasteiger partial charge < -0.3 is 15.1 Å². The number of amides is 1. The second-order valence-electron chi connectivity index (χ2n) is 6.66. The summed E-state index contributed by atoms with van der Waals surface area (Å²) in [6, 6.07) is 5.96. The molecule has 3 heterocycles. The van der Waals surface area contributed by atoms with Crippen molar-refractivity contribution in [1.82, 2.24) is 14.9 Å². The number of fused-ring (bicyclic) bond motifs is 1. The molecule has 1 fully saturated rings. The van der Waals surface area contributed by atoms with Crippen molar-refractivity contribution in [2.24, 2.45) is 0 Å². The summed E-state index contributed by atoms with van der Waals surface area (Å²) in [7, 11) is 0. The maximum atomic E-state index is 12.6. The summed E-state index contributed by atoms with van der Waals surface area (Å²) in [5.41, 5.74) is 10.7. The van der Waals surface area contributed by atoms with Gasteiger partial charge in [0.25, 0.3) is 0 Å². The first-order valence-corrected chi connectivity index (χ1v) is 8.35. The fraction of sp³-hybridized carbons (Fsp3) is 0.316. The van der Waals surface area contributed by atoms with Gasteiger partial charge in [-0.3, -0.25) is 4.79 Å². The quantitative estimate of drug-likeness (QED) is 0.794. The predicted molar refractivity (Wildman–Crippen MR) is 95.2 cm³/mol. The van der Waals surface area contributed by atoms with Gasteiger partial charge in [0.1, 0.15) is 5.58 Å². The first-order valence-electron chi connectivity index (χ1n) is 8.35. The Hall–Kier alpha value is -2.89. The van der Waals surface area contributed by atoms with E-state index in [4.69, 9.17) is 10.2 Å². The second kappa shape index (κ2) is 5.88. The highest BCUT2D eigenvalue weighted by atomic mass is 16.3. The molecule has 6 heteroatoms. The van der Waals surface area contributed by atoms with Crippen LogP contribution >= 0.6 is 0 Å². The molecule has 1 amide bonds. The molecule has 6 nitrogen and oxygen atoms in total. The minimum Gasteiger partial charge on any atom is -0.464 e. The molecule has 0 bridgehead atoms. The first-order chi connectivity index (χ1) is 12.0. The number of furan rings is 1. The summed E-state index contributed by atoms with van der Waals surface area (Å²) in [4.78, 5) is 22.5. The Bertz CT molecular complexity index is 957. The van der Waals surface area contributed by atoms with E-state index in [9.17, 15) is 4.79 Å². The molecule has 1 saturated heterocycles. The highest BCUT2D eigenvalue weighted by Gasteiger charge is 2.33. The van der Waals surface area contributed by atoms with Crippen molar-refractivity contribution in [3.05, 3.63) is 53.0 Å². The number of rotatable bonds is 3. The van der Waals surface area contributed by atoms with Gasteiger partial charge in [-0.1, -0.05) is 12.1 Å². The maximum Gasteiger partial charge on any atom is 0.227 e. The van der Waals surface area contributed by atoms with Crippen LogP contribution in [0.3, 0.4) is 0 Å². The van der Waals surface area contributed by atoms with Crippen molar-refractivity contribution in [2.45, 2.75) is 26.2 Å². The third kappa shape index (κ3) is 2.73. The summed E-state index contributed by atoms with van der Waals surface area (Å²) in [6.45, 7) is 5.44. The van der Waals surface area contributed by atoms with Crippen LogP contribution in [0.2, 0.25) is 0 Å². The van der Waals surface area contributed by atoms with Gasteiger partial charge >= 0.3 is 0 Å². The Kier molecular flexibility index (Phi) is 3.67. The SMILES string of the molecule is Cc1ccc2c(CC(=O)N3CC(c4ccnc(N)n4)C3)coc2c1C. The lowest BCUT2D eigenvalue weighted by molar-refractivity contribution is -0.134. The third-order valence-electron chi connectivity index (χ3n) is 5.03. The minimum atomic E-state index is 0.110. The lowest BCUT2D eigenvalue weighted by atomic mass is 9.95. The Morgan fingerprint density at radius 3 is 2.88 bits per heavy atom. The van der Waals surface area contributed by atoms with Gasteiger partial charge in [0.2, 0.25) is 11.9 Å². The topological polar surface area (TPSA) is 85.2 Å². The fourth-order valence-electron chi connectivity index (χ4n) is 3.29. The summed E-state index contributed by atoms with van der Waals surface area (Å²) in [5, 5.41) is 1.03. The van der Waals surface area contributed by atoms with Gasteiger partial charge in [-0.25, -0.2) is 9.97 Å². The summed E-state index contributed by atoms with van der Waals surface area (Å²) < 4.78 is 5.69. The molecule has 2 aromatic heterocycles. The predicted octanol–water partition coefficient (Wildman–Crippen LogP) is 2.59. The van der Waals surface area contributed by atoms with Gasteiger partial charge in [0.05, 0.1) is 18.4 Å². The van der Waals surface area contributed by atoms with E-state index in [0.29, 0.717) is 19.5 Å². The number of likely N-dealkylation sites (tertiary alicyclic amines) is 1. The molecule has 3 aromatic rings. The number of carbonyl (C=O) groups is 1. The number of nitrogen functional groups attached to an aromatic ring is 1. The molecule has 1 aliphatic heterocycles. The van der Waals surface area contributed by atoms with Gasteiger partial charge in [0, 0.05) is 36.2 Å². The molecule has 128 valence electrons. The third-order valence-corrected chi connectivity index (χ3v) is 5.03. The Morgan fingerprint density at radius 2 is 2.12 bits per heavy atom. The molecule has 0 spiro atoms. The zero-order valence-electron chi connectivity index (χ0n) is 14.3. The Morgan fingerprint density at radius 1 is 1.32 bits per heavy atom. The van der Waals surface area contributed by atoms with Crippen molar-refractivity contribution in [3.8, 4) is 0 Å². The van der Waals surface area contributed by atoms with Crippen LogP contribution < -0.4 is 5.73 Å². The number of nitrogens with two attached hydrogens (primary N) is 1. The van der Waals surface area contributed by atoms with E-state index in [1.165, 1.54) is 5.56 Å². The molecule has 2 N–H and O–H groups in total. The molecule has 1 aromatic carbocycles. The average molecular weight is 336 g/mol. The average Bonchev–Trinajstić information content (AvgIpc) is 2.93. The molecular formula is C19H20N4O2. The van der Waals surface area contributed by atoms with Gasteiger partial charge in [0.15, 0.2) is 0 Å². The van der Waals surface area contributed by atoms with E-state index < -0.39 is 0 Å². The normalized spacial score (nSPS) is 14.7. The van der Waals surface area contributed by atoms with Crippen LogP contribution in [-0.4, -0.2) is 33.9 Å². The second-order valence-corrected chi connectivity index (χ2v) is 6.66. The monoisotopic (exact) mass is 336 g/mol. The van der Waals surface area contributed by atoms with E-state index in [1.54, 1.807) is 12.5 Å². The van der Waals surface area contributed by atoms with Gasteiger partial charge in [-0.15, -0.1) is 0 Å². The molecular weight excluding hydrogens is 316 g/mol. The van der Waals surface area contributed by atoms with Crippen molar-refractivity contribution in [2.75, 3.05) is 18.8 Å². The van der Waals surface area contributed by atoms with E-state index >= 15 is 0 Å². The van der Waals surface area contributed by atoms with Crippen LogP contribution in [0.15, 0.2) is 35.1 Å². The summed E-state index contributed by atoms with van der Waals surface area (Å²) >= 11 is 0. The largest absolute Gasteiger partial charge is 0.464 e. The molecule has 0 unspecified atom stereocenters. The number of hydrogen-bond donors (Lipinski definition) is 1. The number of aromatic nitrogens is 2. The number of hydrogen-bond acceptors (Lipinski definition) is 5. The summed E-state index contributed by atoms with van der Waals surface area (Å²) in [6.07, 6.45) is 3.72. The van der Waals surface area contributed by atoms with Crippen LogP contribution in [0.5, 0.6) is 0 Å². The first kappa shape index (κ1) is 15.6. The zero-order valence-corrected chi connectivity index (χ0v) is 14.3. The zero-order chi connectivity index (χ0) is 17.6. The highest BCUT2D eigenvalue weighted by Crippen LogP contribution is 2.29. The highest BCUT2D eigenvalue weighted by molar-refractivity contribution is 5.89. The summed E-state index contributed by atoms with van der Waals surface area (Å²) in [5.74, 6) is 0.622. The molecule has 0 aliphatic carbocycles. The van der Waals surface area contributed by atoms with E-state index in [0.717, 1.165) is 27.8 Å². The lowest BCUT2D eigenvalue weighted by Gasteiger charge is -2.39. The molecule has 0 atom stereocenters. The van der Waals surface area contributed by atoms with Crippen molar-refractivity contribution in [3.63, 3.8) is 0 Å². The molecule has 1 aliphatic rings. The molecule has 0 saturated carbocycles. The van der Waals surface area contributed by atoms with E-state index in [2.05, 4.69) is 23.0 Å². The van der Waals surface area contributed by atoms with Gasteiger partial charge in [-0.2, -0.15) is 0 Å². The Labute approximate surface area is 145 Å². The standard InChI is InChI=1S/C19H20N4O2/c1-11-3-4-15-13(10-25-18(15)12(11)2)7-17(24)23-8-14(9-23)16-5-6-21-19(20)22-16/h3-6,10,14H,7-9H2,1-2H3,(H2,20,21,22). The van der Waals surface area contributed by atoms with Crippen molar-refractivity contribution in [1.29, 1.82) is 0 Å². The van der Waals surface area contributed by atoms with Crippen LogP contribution in [-0.2, 0) is 11.2 Å². The molecule has 0 radical (unpaired) electrons. The van der Waals surface area contributed by atoms with Crippen LogP contribution in [0, 0.1) is 13.8 Å². The lowest BCUT2D eigenvalue weighted by Crippen LogP contribution is -2.49. The van der Waals surface area contributed by atoms with Crippen LogP contribution in [0.1, 0.15) is 28.3 Å². The van der Waals surface area contributed by atoms with E-state index in [-0.39, 0.29) is 17.8 Å². The van der Waals surface area contributed by atoms with Gasteiger partial charge in [-0.05, 0) is 31.0 Å². The molecule has 4 rings (SSSR count).